The number of aliphatic hydroxyl groups excluding tert-OH is 1. The molecule has 0 bridgehead atoms. The highest BCUT2D eigenvalue weighted by Crippen LogP contribution is 2.29. The minimum Gasteiger partial charge on any atom is -0.508 e. The van der Waals surface area contributed by atoms with Crippen molar-refractivity contribution < 1.29 is 24.9 Å². The van der Waals surface area contributed by atoms with E-state index < -0.39 is 5.92 Å². The molecule has 1 fully saturated rings. The number of phenols is 2. The van der Waals surface area contributed by atoms with Crippen LogP contribution in [0.1, 0.15) is 12.0 Å². The largest absolute Gasteiger partial charge is 0.508 e. The van der Waals surface area contributed by atoms with Gasteiger partial charge in [-0.25, -0.2) is 0 Å². The third-order valence-electron chi connectivity index (χ3n) is 3.20. The Hall–Kier alpha value is -2.08. The number of hydrogen-bond donors (Lipinski definition) is 3. The maximum atomic E-state index is 12.0. The number of aromatic hydroxyl groups is 2. The molecule has 6 nitrogen and oxygen atoms in total. The third-order valence-corrected chi connectivity index (χ3v) is 3.20. The van der Waals surface area contributed by atoms with Crippen molar-refractivity contribution in [3.63, 3.8) is 0 Å². The van der Waals surface area contributed by atoms with E-state index in [9.17, 15) is 19.8 Å². The van der Waals surface area contributed by atoms with Gasteiger partial charge in [0.25, 0.3) is 0 Å². The van der Waals surface area contributed by atoms with Gasteiger partial charge in [0, 0.05) is 12.5 Å². The van der Waals surface area contributed by atoms with Crippen molar-refractivity contribution in [2.75, 3.05) is 13.2 Å². The van der Waals surface area contributed by atoms with Gasteiger partial charge in [-0.05, 0) is 18.1 Å². The summed E-state index contributed by atoms with van der Waals surface area (Å²) in [5, 5.41) is 27.6. The highest BCUT2D eigenvalue weighted by atomic mass is 16.3. The van der Waals surface area contributed by atoms with E-state index in [4.69, 9.17) is 5.11 Å². The van der Waals surface area contributed by atoms with Crippen LogP contribution < -0.4 is 0 Å². The topological polar surface area (TPSA) is 98.1 Å². The van der Waals surface area contributed by atoms with Crippen molar-refractivity contribution in [1.82, 2.24) is 4.90 Å². The fourth-order valence-electron chi connectivity index (χ4n) is 2.24. The lowest BCUT2D eigenvalue weighted by atomic mass is 9.97. The summed E-state index contributed by atoms with van der Waals surface area (Å²) >= 11 is 0. The first-order valence-electron chi connectivity index (χ1n) is 5.99. The van der Waals surface area contributed by atoms with Crippen LogP contribution in [0.2, 0.25) is 0 Å². The van der Waals surface area contributed by atoms with E-state index in [0.717, 1.165) is 4.90 Å². The van der Waals surface area contributed by atoms with E-state index in [1.165, 1.54) is 18.2 Å². The quantitative estimate of drug-likeness (QED) is 0.666. The Morgan fingerprint density at radius 2 is 2.00 bits per heavy atom. The molecule has 1 unspecified atom stereocenters. The van der Waals surface area contributed by atoms with E-state index in [1.807, 2.05) is 0 Å². The first kappa shape index (κ1) is 13.4. The Morgan fingerprint density at radius 1 is 1.26 bits per heavy atom. The molecule has 1 saturated heterocycles. The van der Waals surface area contributed by atoms with Crippen LogP contribution in [0.5, 0.6) is 11.5 Å². The molecule has 2 rings (SSSR count). The molecule has 1 aliphatic heterocycles. The zero-order valence-electron chi connectivity index (χ0n) is 10.2. The third kappa shape index (κ3) is 2.68. The average Bonchev–Trinajstić information content (AvgIpc) is 2.61. The number of aliphatic hydroxyl groups is 1. The van der Waals surface area contributed by atoms with Crippen LogP contribution in [-0.4, -0.2) is 45.2 Å². The molecule has 1 aromatic rings. The predicted octanol–water partition coefficient (Wildman–Crippen LogP) is 0.00770. The Balaban J connectivity index is 2.12. The maximum absolute atomic E-state index is 12.0. The molecule has 0 saturated carbocycles. The van der Waals surface area contributed by atoms with Crippen molar-refractivity contribution in [3.8, 4) is 11.5 Å². The summed E-state index contributed by atoms with van der Waals surface area (Å²) < 4.78 is 0. The molecule has 1 aliphatic rings. The van der Waals surface area contributed by atoms with Crippen molar-refractivity contribution in [2.24, 2.45) is 5.92 Å². The van der Waals surface area contributed by atoms with Crippen molar-refractivity contribution in [3.05, 3.63) is 23.8 Å². The number of likely N-dealkylation sites (tertiary alicyclic amines) is 1. The van der Waals surface area contributed by atoms with E-state index >= 15 is 0 Å². The van der Waals surface area contributed by atoms with Gasteiger partial charge in [-0.3, -0.25) is 14.5 Å². The van der Waals surface area contributed by atoms with Gasteiger partial charge in [-0.2, -0.15) is 0 Å². The van der Waals surface area contributed by atoms with Gasteiger partial charge >= 0.3 is 0 Å². The van der Waals surface area contributed by atoms with Crippen LogP contribution in [0.3, 0.4) is 0 Å². The van der Waals surface area contributed by atoms with Crippen molar-refractivity contribution in [2.45, 2.75) is 12.8 Å². The highest BCUT2D eigenvalue weighted by molar-refractivity contribution is 6.03. The summed E-state index contributed by atoms with van der Waals surface area (Å²) in [6.45, 7) is -0.246. The second kappa shape index (κ2) is 5.27. The second-order valence-electron chi connectivity index (χ2n) is 4.53. The van der Waals surface area contributed by atoms with Gasteiger partial charge in [-0.15, -0.1) is 0 Å². The Morgan fingerprint density at radius 3 is 2.63 bits per heavy atom. The molecule has 1 heterocycles. The Labute approximate surface area is 109 Å². The van der Waals surface area contributed by atoms with Crippen LogP contribution >= 0.6 is 0 Å². The van der Waals surface area contributed by atoms with Crippen LogP contribution in [0.25, 0.3) is 0 Å². The minimum absolute atomic E-state index is 0.00965. The van der Waals surface area contributed by atoms with Crippen molar-refractivity contribution >= 4 is 11.8 Å². The summed E-state index contributed by atoms with van der Waals surface area (Å²) in [6.07, 6.45) is 0.317. The monoisotopic (exact) mass is 265 g/mol. The summed E-state index contributed by atoms with van der Waals surface area (Å²) in [5.74, 6) is -1.30. The lowest BCUT2D eigenvalue weighted by Crippen LogP contribution is -2.33. The smallest absolute Gasteiger partial charge is 0.233 e. The number of phenolic OH excluding ortho intramolecular Hbond substituents is 2. The fourth-order valence-corrected chi connectivity index (χ4v) is 2.24. The van der Waals surface area contributed by atoms with Crippen LogP contribution in [0.15, 0.2) is 18.2 Å². The lowest BCUT2D eigenvalue weighted by Gasteiger charge is -2.13. The van der Waals surface area contributed by atoms with Crippen LogP contribution in [-0.2, 0) is 16.0 Å². The summed E-state index contributed by atoms with van der Waals surface area (Å²) in [5.41, 5.74) is 0.509. The van der Waals surface area contributed by atoms with Crippen LogP contribution in [0.4, 0.5) is 0 Å². The predicted molar refractivity (Wildman–Crippen MR) is 65.4 cm³/mol. The summed E-state index contributed by atoms with van der Waals surface area (Å²) in [4.78, 5) is 24.6. The Bertz CT molecular complexity index is 514. The molecule has 2 amide bonds. The maximum Gasteiger partial charge on any atom is 0.233 e. The molecule has 19 heavy (non-hydrogen) atoms. The zero-order chi connectivity index (χ0) is 14.0. The van der Waals surface area contributed by atoms with E-state index in [0.29, 0.717) is 5.56 Å². The van der Waals surface area contributed by atoms with Gasteiger partial charge in [0.2, 0.25) is 11.8 Å². The first-order chi connectivity index (χ1) is 9.02. The number of carbonyl (C=O) groups excluding carboxylic acids is 2. The highest BCUT2D eigenvalue weighted by Gasteiger charge is 2.38. The number of hydrogen-bond acceptors (Lipinski definition) is 5. The molecule has 0 radical (unpaired) electrons. The molecule has 6 heteroatoms. The first-order valence-corrected chi connectivity index (χ1v) is 5.99. The van der Waals surface area contributed by atoms with Gasteiger partial charge in [0.15, 0.2) is 0 Å². The minimum atomic E-state index is -0.519. The molecule has 1 atom stereocenters. The van der Waals surface area contributed by atoms with Crippen LogP contribution in [0, 0.1) is 5.92 Å². The number of imide groups is 1. The number of benzene rings is 1. The van der Waals surface area contributed by atoms with E-state index in [2.05, 4.69) is 0 Å². The number of carbonyl (C=O) groups is 2. The van der Waals surface area contributed by atoms with Gasteiger partial charge < -0.3 is 15.3 Å². The molecule has 102 valence electrons. The van der Waals surface area contributed by atoms with E-state index in [-0.39, 0.29) is 49.3 Å². The lowest BCUT2D eigenvalue weighted by molar-refractivity contribution is -0.139. The zero-order valence-corrected chi connectivity index (χ0v) is 10.2. The summed E-state index contributed by atoms with van der Waals surface area (Å²) in [6, 6.07) is 4.14. The number of β-amino-alcohol motifs (C(OH)–C–C–N with tert-alkyl or cyclic N) is 1. The normalized spacial score (nSPS) is 19.2. The number of nitrogens with zero attached hydrogens (tertiary/aromatic N) is 1. The molecule has 0 aromatic heterocycles. The van der Waals surface area contributed by atoms with Gasteiger partial charge in [-0.1, -0.05) is 6.07 Å². The SMILES string of the molecule is O=C1CC(Cc2ccc(O)cc2O)C(=O)N1CCO. The molecule has 0 spiro atoms. The van der Waals surface area contributed by atoms with Gasteiger partial charge in [0.05, 0.1) is 19.1 Å². The summed E-state index contributed by atoms with van der Waals surface area (Å²) in [7, 11) is 0. The molecule has 0 aliphatic carbocycles. The standard InChI is InChI=1S/C13H15NO5/c15-4-3-14-12(18)6-9(13(14)19)5-8-1-2-10(16)7-11(8)17/h1-2,7,9,15-17H,3-6H2. The number of amides is 2. The number of rotatable bonds is 4. The Kier molecular flexibility index (Phi) is 3.71. The molecular weight excluding hydrogens is 250 g/mol. The molecule has 1 aromatic carbocycles. The molecule has 3 N–H and O–H groups in total. The fraction of sp³-hybridized carbons (Fsp3) is 0.385. The average molecular weight is 265 g/mol. The van der Waals surface area contributed by atoms with Gasteiger partial charge in [0.1, 0.15) is 11.5 Å². The van der Waals surface area contributed by atoms with Crippen molar-refractivity contribution in [1.29, 1.82) is 0 Å². The van der Waals surface area contributed by atoms with E-state index in [1.54, 1.807) is 0 Å². The second-order valence-corrected chi connectivity index (χ2v) is 4.53. The molecular formula is C13H15NO5.